The SMILES string of the molecule is O=C(C[C@H]1CC[C@@H]2[C@H](COC[C@@H](O)CN2CCC(F)(F)F)O1)NCC1CC1. The van der Waals surface area contributed by atoms with Gasteiger partial charge in [-0.25, -0.2) is 0 Å². The number of aliphatic hydroxyl groups excluding tert-OH is 1. The van der Waals surface area contributed by atoms with Crippen LogP contribution in [-0.2, 0) is 14.3 Å². The highest BCUT2D eigenvalue weighted by Gasteiger charge is 2.39. The second kappa shape index (κ2) is 9.07. The van der Waals surface area contributed by atoms with Crippen molar-refractivity contribution in [2.24, 2.45) is 5.92 Å². The minimum atomic E-state index is -4.24. The fraction of sp³-hybridized carbons (Fsp3) is 0.944. The summed E-state index contributed by atoms with van der Waals surface area (Å²) in [6.07, 6.45) is -2.78. The van der Waals surface area contributed by atoms with Crippen LogP contribution in [0.5, 0.6) is 0 Å². The molecule has 156 valence electrons. The lowest BCUT2D eigenvalue weighted by atomic mass is 9.94. The summed E-state index contributed by atoms with van der Waals surface area (Å²) >= 11 is 0. The Bertz CT molecular complexity index is 501. The minimum absolute atomic E-state index is 0.0403. The third-order valence-electron chi connectivity index (χ3n) is 5.47. The number of hydrogen-bond acceptors (Lipinski definition) is 5. The van der Waals surface area contributed by atoms with Gasteiger partial charge in [0.05, 0.1) is 44.4 Å². The van der Waals surface area contributed by atoms with Gasteiger partial charge in [0.1, 0.15) is 0 Å². The van der Waals surface area contributed by atoms with E-state index in [-0.39, 0.29) is 56.9 Å². The monoisotopic (exact) mass is 394 g/mol. The number of nitrogens with zero attached hydrogens (tertiary/aromatic N) is 1. The lowest BCUT2D eigenvalue weighted by Crippen LogP contribution is -2.56. The molecule has 0 aromatic carbocycles. The maximum Gasteiger partial charge on any atom is 0.390 e. The third-order valence-corrected chi connectivity index (χ3v) is 5.47. The molecule has 3 fully saturated rings. The maximum absolute atomic E-state index is 12.7. The summed E-state index contributed by atoms with van der Waals surface area (Å²) in [5.41, 5.74) is 0. The Labute approximate surface area is 157 Å². The number of rotatable bonds is 6. The molecule has 0 unspecified atom stereocenters. The van der Waals surface area contributed by atoms with Gasteiger partial charge >= 0.3 is 6.18 Å². The van der Waals surface area contributed by atoms with Crippen LogP contribution in [0.4, 0.5) is 13.2 Å². The van der Waals surface area contributed by atoms with E-state index in [1.54, 1.807) is 4.90 Å². The zero-order chi connectivity index (χ0) is 19.4. The van der Waals surface area contributed by atoms with E-state index in [2.05, 4.69) is 5.32 Å². The predicted molar refractivity (Wildman–Crippen MR) is 91.1 cm³/mol. The molecule has 2 saturated heterocycles. The van der Waals surface area contributed by atoms with Crippen molar-refractivity contribution in [3.8, 4) is 0 Å². The van der Waals surface area contributed by atoms with E-state index >= 15 is 0 Å². The smallest absolute Gasteiger partial charge is 0.389 e. The first-order valence-corrected chi connectivity index (χ1v) is 9.79. The molecule has 1 aliphatic carbocycles. The van der Waals surface area contributed by atoms with Gasteiger partial charge in [-0.3, -0.25) is 9.69 Å². The quantitative estimate of drug-likeness (QED) is 0.714. The molecule has 9 heteroatoms. The topological polar surface area (TPSA) is 71.0 Å². The molecule has 0 radical (unpaired) electrons. The zero-order valence-electron chi connectivity index (χ0n) is 15.4. The predicted octanol–water partition coefficient (Wildman–Crippen LogP) is 1.46. The highest BCUT2D eigenvalue weighted by molar-refractivity contribution is 5.76. The Balaban J connectivity index is 1.54. The number of β-amino-alcohol motifs (C(OH)–C–C–N with tert-alkyl or cyclic N) is 1. The molecule has 4 atom stereocenters. The number of carbonyl (C=O) groups excluding carboxylic acids is 1. The number of aliphatic hydroxyl groups is 1. The molecule has 27 heavy (non-hydrogen) atoms. The maximum atomic E-state index is 12.7. The normalized spacial score (nSPS) is 33.0. The summed E-state index contributed by atoms with van der Waals surface area (Å²) in [6.45, 7) is 0.959. The first-order chi connectivity index (χ1) is 12.8. The Kier molecular flexibility index (Phi) is 6.99. The number of alkyl halides is 3. The van der Waals surface area contributed by atoms with E-state index in [0.29, 0.717) is 25.3 Å². The van der Waals surface area contributed by atoms with Gasteiger partial charge in [0.2, 0.25) is 5.91 Å². The van der Waals surface area contributed by atoms with Crippen LogP contribution in [0.25, 0.3) is 0 Å². The molecule has 0 spiro atoms. The molecule has 1 amide bonds. The fourth-order valence-electron chi connectivity index (χ4n) is 3.83. The first kappa shape index (κ1) is 20.8. The van der Waals surface area contributed by atoms with Crippen LogP contribution in [0.2, 0.25) is 0 Å². The van der Waals surface area contributed by atoms with Gasteiger partial charge in [-0.05, 0) is 31.6 Å². The molecule has 3 aliphatic rings. The van der Waals surface area contributed by atoms with Crippen molar-refractivity contribution in [2.45, 2.75) is 69.1 Å². The van der Waals surface area contributed by atoms with Crippen LogP contribution in [0.1, 0.15) is 38.5 Å². The van der Waals surface area contributed by atoms with Gasteiger partial charge in [-0.2, -0.15) is 13.2 Å². The molecule has 0 aromatic rings. The van der Waals surface area contributed by atoms with E-state index in [4.69, 9.17) is 9.47 Å². The lowest BCUT2D eigenvalue weighted by molar-refractivity contribution is -0.169. The lowest BCUT2D eigenvalue weighted by Gasteiger charge is -2.44. The number of amides is 1. The number of hydrogen-bond donors (Lipinski definition) is 2. The third kappa shape index (κ3) is 6.89. The van der Waals surface area contributed by atoms with Crippen molar-refractivity contribution in [1.29, 1.82) is 0 Å². The van der Waals surface area contributed by atoms with Gasteiger partial charge < -0.3 is 19.9 Å². The highest BCUT2D eigenvalue weighted by atomic mass is 19.4. The molecule has 3 rings (SSSR count). The molecule has 0 bridgehead atoms. The second-order valence-corrected chi connectivity index (χ2v) is 7.94. The summed E-state index contributed by atoms with van der Waals surface area (Å²) in [7, 11) is 0. The molecular weight excluding hydrogens is 365 g/mol. The number of nitrogens with one attached hydrogen (secondary N) is 1. The summed E-state index contributed by atoms with van der Waals surface area (Å²) in [4.78, 5) is 13.7. The van der Waals surface area contributed by atoms with Crippen LogP contribution in [0.15, 0.2) is 0 Å². The van der Waals surface area contributed by atoms with Crippen molar-refractivity contribution in [2.75, 3.05) is 32.8 Å². The highest BCUT2D eigenvalue weighted by Crippen LogP contribution is 2.30. The Morgan fingerprint density at radius 3 is 2.67 bits per heavy atom. The Morgan fingerprint density at radius 1 is 1.19 bits per heavy atom. The average Bonchev–Trinajstić information content (AvgIpc) is 3.39. The molecular formula is C18H29F3N2O4. The zero-order valence-corrected chi connectivity index (χ0v) is 15.4. The van der Waals surface area contributed by atoms with E-state index in [1.807, 2.05) is 0 Å². The summed E-state index contributed by atoms with van der Waals surface area (Å²) < 4.78 is 49.5. The van der Waals surface area contributed by atoms with E-state index in [0.717, 1.165) is 0 Å². The van der Waals surface area contributed by atoms with Crippen LogP contribution in [0.3, 0.4) is 0 Å². The number of fused-ring (bicyclic) bond motifs is 1. The van der Waals surface area contributed by atoms with Gasteiger partial charge in [-0.15, -0.1) is 0 Å². The van der Waals surface area contributed by atoms with Crippen LogP contribution >= 0.6 is 0 Å². The summed E-state index contributed by atoms with van der Waals surface area (Å²) in [5.74, 6) is 0.569. The van der Waals surface area contributed by atoms with Crippen molar-refractivity contribution in [1.82, 2.24) is 10.2 Å². The number of carbonyl (C=O) groups is 1. The van der Waals surface area contributed by atoms with E-state index in [9.17, 15) is 23.1 Å². The van der Waals surface area contributed by atoms with Crippen LogP contribution in [0, 0.1) is 5.92 Å². The molecule has 2 N–H and O–H groups in total. The van der Waals surface area contributed by atoms with E-state index < -0.39 is 18.7 Å². The largest absolute Gasteiger partial charge is 0.390 e. The molecule has 2 heterocycles. The molecule has 6 nitrogen and oxygen atoms in total. The number of halogens is 3. The van der Waals surface area contributed by atoms with Gasteiger partial charge in [0.15, 0.2) is 0 Å². The standard InChI is InChI=1S/C18H29F3N2O4/c19-18(20,21)5-6-23-9-13(24)10-26-11-16-15(23)4-3-14(27-16)7-17(25)22-8-12-1-2-12/h12-16,24H,1-11H2,(H,22,25)/t13-,14+,15+,16-/m0/s1. The average molecular weight is 394 g/mol. The Hall–Kier alpha value is -0.900. The fourth-order valence-corrected chi connectivity index (χ4v) is 3.83. The van der Waals surface area contributed by atoms with Crippen LogP contribution in [-0.4, -0.2) is 79.3 Å². The summed E-state index contributed by atoms with van der Waals surface area (Å²) in [6, 6.07) is -0.243. The molecule has 0 aromatic heterocycles. The summed E-state index contributed by atoms with van der Waals surface area (Å²) in [5, 5.41) is 12.9. The van der Waals surface area contributed by atoms with Gasteiger partial charge in [0.25, 0.3) is 0 Å². The Morgan fingerprint density at radius 2 is 1.96 bits per heavy atom. The molecule has 1 saturated carbocycles. The van der Waals surface area contributed by atoms with Crippen molar-refractivity contribution < 1.29 is 32.5 Å². The van der Waals surface area contributed by atoms with E-state index in [1.165, 1.54) is 12.8 Å². The minimum Gasteiger partial charge on any atom is -0.389 e. The number of ether oxygens (including phenoxy) is 2. The van der Waals surface area contributed by atoms with Crippen molar-refractivity contribution in [3.63, 3.8) is 0 Å². The van der Waals surface area contributed by atoms with Crippen molar-refractivity contribution >= 4 is 5.91 Å². The molecule has 2 aliphatic heterocycles. The van der Waals surface area contributed by atoms with Crippen molar-refractivity contribution in [3.05, 3.63) is 0 Å². The first-order valence-electron chi connectivity index (χ1n) is 9.79. The second-order valence-electron chi connectivity index (χ2n) is 7.94. The van der Waals surface area contributed by atoms with Gasteiger partial charge in [0, 0.05) is 25.7 Å². The van der Waals surface area contributed by atoms with Gasteiger partial charge in [-0.1, -0.05) is 0 Å². The van der Waals surface area contributed by atoms with Crippen LogP contribution < -0.4 is 5.32 Å².